The minimum atomic E-state index is -4.54. The van der Waals surface area contributed by atoms with Crippen molar-refractivity contribution in [2.75, 3.05) is 11.9 Å². The first kappa shape index (κ1) is 34.1. The third-order valence-corrected chi connectivity index (χ3v) is 8.48. The van der Waals surface area contributed by atoms with Gasteiger partial charge in [0.2, 0.25) is 5.91 Å². The van der Waals surface area contributed by atoms with Gasteiger partial charge in [-0.05, 0) is 70.4 Å². The van der Waals surface area contributed by atoms with Crippen molar-refractivity contribution in [1.29, 1.82) is 5.26 Å². The van der Waals surface area contributed by atoms with Gasteiger partial charge in [0.1, 0.15) is 0 Å². The molecule has 0 aliphatic carbocycles. The summed E-state index contributed by atoms with van der Waals surface area (Å²) in [4.78, 5) is 19.3. The topological polar surface area (TPSA) is 86.0 Å². The largest absolute Gasteiger partial charge is 0.416 e. The number of amides is 1. The molecule has 0 saturated carbocycles. The van der Waals surface area contributed by atoms with E-state index in [0.717, 1.165) is 22.4 Å². The third kappa shape index (κ3) is 8.77. The average molecular weight is 669 g/mol. The van der Waals surface area contributed by atoms with E-state index in [-0.39, 0.29) is 42.0 Å². The van der Waals surface area contributed by atoms with Gasteiger partial charge in [-0.2, -0.15) is 18.4 Å². The Balaban J connectivity index is 1.34. The second-order valence-electron chi connectivity index (χ2n) is 11.9. The van der Waals surface area contributed by atoms with E-state index in [4.69, 9.17) is 17.5 Å². The molecule has 0 aliphatic heterocycles. The Labute approximate surface area is 283 Å². The minimum Gasteiger partial charge on any atom is -0.351 e. The number of imidazole rings is 1. The van der Waals surface area contributed by atoms with Crippen LogP contribution in [-0.2, 0) is 30.5 Å². The highest BCUT2D eigenvalue weighted by molar-refractivity contribution is 7.80. The van der Waals surface area contributed by atoms with E-state index in [0.29, 0.717) is 23.5 Å². The van der Waals surface area contributed by atoms with E-state index >= 15 is 0 Å². The van der Waals surface area contributed by atoms with Gasteiger partial charge in [-0.1, -0.05) is 74.5 Å². The summed E-state index contributed by atoms with van der Waals surface area (Å²) in [7, 11) is 0. The predicted molar refractivity (Wildman–Crippen MR) is 185 cm³/mol. The molecule has 1 atom stereocenters. The van der Waals surface area contributed by atoms with Crippen LogP contribution in [0.1, 0.15) is 41.8 Å². The molecule has 48 heavy (non-hydrogen) atoms. The van der Waals surface area contributed by atoms with Crippen molar-refractivity contribution < 1.29 is 18.0 Å². The van der Waals surface area contributed by atoms with Gasteiger partial charge >= 0.3 is 6.18 Å². The number of rotatable bonds is 11. The average Bonchev–Trinajstić information content (AvgIpc) is 3.49. The third-order valence-electron chi connectivity index (χ3n) is 8.12. The van der Waals surface area contributed by atoms with Crippen LogP contribution in [0, 0.1) is 17.2 Å². The molecular formula is C37H35F3N6OS. The molecule has 1 amide bonds. The monoisotopic (exact) mass is 668 g/mol. The Morgan fingerprint density at radius 2 is 1.71 bits per heavy atom. The van der Waals surface area contributed by atoms with Crippen LogP contribution in [-0.4, -0.2) is 38.1 Å². The Morgan fingerprint density at radius 1 is 1.00 bits per heavy atom. The molecule has 1 heterocycles. The number of aromatic nitrogens is 2. The van der Waals surface area contributed by atoms with Crippen LogP contribution in [0.15, 0.2) is 104 Å². The fraction of sp³-hybridized carbons (Fsp3) is 0.243. The van der Waals surface area contributed by atoms with E-state index in [9.17, 15) is 18.0 Å². The fourth-order valence-corrected chi connectivity index (χ4v) is 5.69. The van der Waals surface area contributed by atoms with Crippen LogP contribution in [0.5, 0.6) is 0 Å². The van der Waals surface area contributed by atoms with Gasteiger partial charge in [0, 0.05) is 43.3 Å². The second kappa shape index (κ2) is 15.1. The number of anilines is 1. The summed E-state index contributed by atoms with van der Waals surface area (Å²) in [5, 5.41) is 17.7. The fourth-order valence-electron chi connectivity index (χ4n) is 5.43. The van der Waals surface area contributed by atoms with Crippen LogP contribution in [0.2, 0.25) is 0 Å². The maximum atomic E-state index is 14.0. The van der Waals surface area contributed by atoms with E-state index in [1.165, 1.54) is 12.1 Å². The molecule has 1 aromatic heterocycles. The zero-order valence-corrected chi connectivity index (χ0v) is 27.4. The molecule has 5 aromatic rings. The maximum absolute atomic E-state index is 14.0. The van der Waals surface area contributed by atoms with Crippen molar-refractivity contribution in [1.82, 2.24) is 19.8 Å². The van der Waals surface area contributed by atoms with Gasteiger partial charge in [0.25, 0.3) is 0 Å². The highest BCUT2D eigenvalue weighted by Crippen LogP contribution is 2.32. The Hall–Kier alpha value is -5.21. The number of nitrogens with one attached hydrogen (secondary N) is 2. The molecule has 4 aromatic carbocycles. The Kier molecular flexibility index (Phi) is 10.8. The van der Waals surface area contributed by atoms with Crippen LogP contribution in [0.25, 0.3) is 10.8 Å². The number of nitriles is 1. The second-order valence-corrected chi connectivity index (χ2v) is 12.3. The van der Waals surface area contributed by atoms with E-state index in [2.05, 4.69) is 21.7 Å². The number of carbonyl (C=O) groups is 1. The lowest BCUT2D eigenvalue weighted by Crippen LogP contribution is -2.49. The van der Waals surface area contributed by atoms with Crippen LogP contribution in [0.4, 0.5) is 18.9 Å². The summed E-state index contributed by atoms with van der Waals surface area (Å²) in [6.45, 7) is 4.41. The van der Waals surface area contributed by atoms with Gasteiger partial charge in [0.15, 0.2) is 5.11 Å². The molecule has 0 fully saturated rings. The summed E-state index contributed by atoms with van der Waals surface area (Å²) in [6.07, 6.45) is -1.20. The van der Waals surface area contributed by atoms with Gasteiger partial charge in [-0.3, -0.25) is 4.79 Å². The molecular weight excluding hydrogens is 634 g/mol. The van der Waals surface area contributed by atoms with Crippen molar-refractivity contribution in [2.24, 2.45) is 5.92 Å². The van der Waals surface area contributed by atoms with Crippen LogP contribution >= 0.6 is 12.2 Å². The van der Waals surface area contributed by atoms with Gasteiger partial charge in [-0.25, -0.2) is 4.98 Å². The summed E-state index contributed by atoms with van der Waals surface area (Å²) >= 11 is 5.81. The zero-order valence-electron chi connectivity index (χ0n) is 26.5. The first-order chi connectivity index (χ1) is 23.0. The zero-order chi connectivity index (χ0) is 34.3. The number of halogens is 3. The Morgan fingerprint density at radius 3 is 2.42 bits per heavy atom. The van der Waals surface area contributed by atoms with E-state index in [1.807, 2.05) is 73.0 Å². The van der Waals surface area contributed by atoms with Gasteiger partial charge in [-0.15, -0.1) is 0 Å². The predicted octanol–water partition coefficient (Wildman–Crippen LogP) is 7.56. The highest BCUT2D eigenvalue weighted by Gasteiger charge is 2.34. The van der Waals surface area contributed by atoms with Crippen molar-refractivity contribution in [2.45, 2.75) is 45.6 Å². The number of nitrogens with zero attached hydrogens (tertiary/aromatic N) is 4. The first-order valence-electron chi connectivity index (χ1n) is 15.5. The number of hydrogen-bond donors (Lipinski definition) is 2. The minimum absolute atomic E-state index is 0.0518. The number of benzene rings is 4. The lowest BCUT2D eigenvalue weighted by molar-refractivity contribution is -0.138. The summed E-state index contributed by atoms with van der Waals surface area (Å²) < 4.78 is 43.9. The van der Waals surface area contributed by atoms with E-state index < -0.39 is 17.8 Å². The molecule has 0 unspecified atom stereocenters. The summed E-state index contributed by atoms with van der Waals surface area (Å²) in [5.74, 6) is -0.319. The van der Waals surface area contributed by atoms with Crippen molar-refractivity contribution in [3.05, 3.63) is 131 Å². The number of hydrogen-bond acceptors (Lipinski definition) is 4. The smallest absolute Gasteiger partial charge is 0.351 e. The molecule has 7 nitrogen and oxygen atoms in total. The summed E-state index contributed by atoms with van der Waals surface area (Å²) in [6, 6.07) is 27.9. The molecule has 0 radical (unpaired) electrons. The molecule has 246 valence electrons. The number of alkyl halides is 3. The normalized spacial score (nSPS) is 12.0. The number of fused-ring (bicyclic) bond motifs is 1. The van der Waals surface area contributed by atoms with Crippen molar-refractivity contribution in [3.8, 4) is 6.07 Å². The summed E-state index contributed by atoms with van der Waals surface area (Å²) in [5.41, 5.74) is 2.26. The van der Waals surface area contributed by atoms with Gasteiger partial charge in [0.05, 0.1) is 29.9 Å². The number of thiocarbonyl (C=S) groups is 1. The van der Waals surface area contributed by atoms with Crippen molar-refractivity contribution in [3.63, 3.8) is 0 Å². The number of carbonyl (C=O) groups excluding carboxylic acids is 1. The van der Waals surface area contributed by atoms with Crippen LogP contribution in [0.3, 0.4) is 0 Å². The van der Waals surface area contributed by atoms with E-state index in [1.54, 1.807) is 35.6 Å². The maximum Gasteiger partial charge on any atom is 0.416 e. The molecule has 0 spiro atoms. The molecule has 2 N–H and O–H groups in total. The molecule has 5 rings (SSSR count). The molecule has 0 saturated heterocycles. The van der Waals surface area contributed by atoms with Gasteiger partial charge < -0.3 is 20.1 Å². The molecule has 0 bridgehead atoms. The van der Waals surface area contributed by atoms with Crippen LogP contribution < -0.4 is 10.6 Å². The molecule has 0 aliphatic rings. The Bertz CT molecular complexity index is 1930. The quantitative estimate of drug-likeness (QED) is 0.141. The lowest BCUT2D eigenvalue weighted by atomic mass is 10.0. The standard InChI is InChI=1S/C37H35F3N6OS/c1-25(2)34(44-35(47)18-32-20-42-24-46(32)21-27-13-11-26(19-41)12-14-27)23-45(22-30-9-5-6-10-33(30)37(38,39)40)36(48)43-31-16-15-28-7-3-4-8-29(28)17-31/h3-17,20,24-25,34H,18,21-23H2,1-2H3,(H,43,48)(H,44,47)/t34-/m1/s1. The highest BCUT2D eigenvalue weighted by atomic mass is 32.1. The first-order valence-corrected chi connectivity index (χ1v) is 15.9. The molecule has 11 heteroatoms. The lowest BCUT2D eigenvalue weighted by Gasteiger charge is -2.33. The van der Waals surface area contributed by atoms with Crippen molar-refractivity contribution >= 4 is 39.7 Å². The SMILES string of the molecule is CC(C)[C@@H](CN(Cc1ccccc1C(F)(F)F)C(=S)Nc1ccc2ccccc2c1)NC(=O)Cc1cncn1Cc1ccc(C#N)cc1.